The Morgan fingerprint density at radius 1 is 1.21 bits per heavy atom. The van der Waals surface area contributed by atoms with Crippen LogP contribution in [0, 0.1) is 0 Å². The maximum Gasteiger partial charge on any atom is 0.266 e. The smallest absolute Gasteiger partial charge is 0.266 e. The normalized spacial score (nSPS) is 14.6. The number of methoxy groups -OCH3 is 2. The lowest BCUT2D eigenvalue weighted by molar-refractivity contribution is -0.122. The van der Waals surface area contributed by atoms with Crippen molar-refractivity contribution in [2.24, 2.45) is 0 Å². The number of thiocarbonyl (C=S) groups is 1. The van der Waals surface area contributed by atoms with Gasteiger partial charge in [-0.1, -0.05) is 47.2 Å². The standard InChI is InChI=1S/C23H22Cl2N2O5S2/c1-30-9-3-8-27-22(29)19(34-23(27)33)12-14-10-17(25)21(18(11-14)31-2)32-13-20(28)26-16-6-4-15(24)5-7-16/h4-7,10-12H,3,8-9,13H2,1-2H3,(H,26,28)/b19-12-. The minimum atomic E-state index is -0.373. The van der Waals surface area contributed by atoms with Crippen LogP contribution in [0.4, 0.5) is 5.69 Å². The number of halogens is 2. The Morgan fingerprint density at radius 3 is 2.62 bits per heavy atom. The van der Waals surface area contributed by atoms with Crippen LogP contribution in [0.5, 0.6) is 11.5 Å². The van der Waals surface area contributed by atoms with Gasteiger partial charge in [0, 0.05) is 31.0 Å². The summed E-state index contributed by atoms with van der Waals surface area (Å²) in [6, 6.07) is 10.0. The van der Waals surface area contributed by atoms with Crippen molar-refractivity contribution in [2.45, 2.75) is 6.42 Å². The van der Waals surface area contributed by atoms with Crippen LogP contribution in [0.25, 0.3) is 6.08 Å². The van der Waals surface area contributed by atoms with Crippen LogP contribution in [0.2, 0.25) is 10.0 Å². The van der Waals surface area contributed by atoms with E-state index in [-0.39, 0.29) is 29.2 Å². The molecule has 2 aromatic rings. The van der Waals surface area contributed by atoms with Gasteiger partial charge in [-0.2, -0.15) is 0 Å². The minimum absolute atomic E-state index is 0.166. The van der Waals surface area contributed by atoms with Crippen LogP contribution >= 0.6 is 47.2 Å². The molecule has 0 atom stereocenters. The number of anilines is 1. The summed E-state index contributed by atoms with van der Waals surface area (Å²) in [5.74, 6) is 0.00959. The fourth-order valence-corrected chi connectivity index (χ4v) is 4.75. The molecule has 0 radical (unpaired) electrons. The number of carbonyl (C=O) groups is 2. The second-order valence-electron chi connectivity index (χ2n) is 7.06. The number of rotatable bonds is 10. The summed E-state index contributed by atoms with van der Waals surface area (Å²) in [5.41, 5.74) is 1.23. The first-order valence-electron chi connectivity index (χ1n) is 10.1. The van der Waals surface area contributed by atoms with E-state index in [2.05, 4.69) is 5.32 Å². The Morgan fingerprint density at radius 2 is 1.94 bits per heavy atom. The Kier molecular flexibility index (Phi) is 9.61. The third-order valence-corrected chi connectivity index (χ3v) is 6.54. The maximum absolute atomic E-state index is 12.7. The topological polar surface area (TPSA) is 77.1 Å². The van der Waals surface area contributed by atoms with Crippen LogP contribution in [-0.4, -0.2) is 55.0 Å². The van der Waals surface area contributed by atoms with Gasteiger partial charge >= 0.3 is 0 Å². The highest BCUT2D eigenvalue weighted by Gasteiger charge is 2.31. The van der Waals surface area contributed by atoms with Gasteiger partial charge in [-0.25, -0.2) is 0 Å². The lowest BCUT2D eigenvalue weighted by Crippen LogP contribution is -2.29. The van der Waals surface area contributed by atoms with Gasteiger partial charge in [0.2, 0.25) is 0 Å². The highest BCUT2D eigenvalue weighted by Crippen LogP contribution is 2.39. The predicted molar refractivity (Wildman–Crippen MR) is 140 cm³/mol. The first-order valence-corrected chi connectivity index (χ1v) is 12.1. The molecule has 0 spiro atoms. The molecule has 0 aromatic heterocycles. The molecule has 1 N–H and O–H groups in total. The van der Waals surface area contributed by atoms with Gasteiger partial charge in [-0.15, -0.1) is 0 Å². The van der Waals surface area contributed by atoms with Gasteiger partial charge in [-0.3, -0.25) is 14.5 Å². The lowest BCUT2D eigenvalue weighted by Gasteiger charge is -2.14. The molecule has 2 aromatic carbocycles. The van der Waals surface area contributed by atoms with E-state index in [0.717, 1.165) is 0 Å². The summed E-state index contributed by atoms with van der Waals surface area (Å²) in [4.78, 5) is 27.0. The summed E-state index contributed by atoms with van der Waals surface area (Å²) in [6.07, 6.45) is 2.38. The Balaban J connectivity index is 1.69. The van der Waals surface area contributed by atoms with E-state index in [4.69, 9.17) is 49.6 Å². The first kappa shape index (κ1) is 26.3. The van der Waals surface area contributed by atoms with Crippen LogP contribution in [0.15, 0.2) is 41.3 Å². The number of ether oxygens (including phenoxy) is 3. The van der Waals surface area contributed by atoms with Crippen molar-refractivity contribution in [3.63, 3.8) is 0 Å². The second-order valence-corrected chi connectivity index (χ2v) is 9.58. The molecule has 11 heteroatoms. The van der Waals surface area contributed by atoms with Crippen LogP contribution in [-0.2, 0) is 14.3 Å². The molecule has 1 fully saturated rings. The van der Waals surface area contributed by atoms with Gasteiger partial charge in [0.05, 0.1) is 17.0 Å². The second kappa shape index (κ2) is 12.4. The van der Waals surface area contributed by atoms with Crippen molar-refractivity contribution in [3.8, 4) is 11.5 Å². The molecule has 0 unspecified atom stereocenters. The average molecular weight is 541 g/mol. The molecular weight excluding hydrogens is 519 g/mol. The highest BCUT2D eigenvalue weighted by molar-refractivity contribution is 8.26. The van der Waals surface area contributed by atoms with Gasteiger partial charge < -0.3 is 19.5 Å². The number of benzene rings is 2. The molecule has 3 rings (SSSR count). The van der Waals surface area contributed by atoms with E-state index in [9.17, 15) is 9.59 Å². The van der Waals surface area contributed by atoms with Gasteiger partial charge in [0.25, 0.3) is 11.8 Å². The monoisotopic (exact) mass is 540 g/mol. The molecule has 0 aliphatic carbocycles. The van der Waals surface area contributed by atoms with Gasteiger partial charge in [0.15, 0.2) is 18.1 Å². The first-order chi connectivity index (χ1) is 16.3. The van der Waals surface area contributed by atoms with E-state index in [1.165, 1.54) is 18.9 Å². The minimum Gasteiger partial charge on any atom is -0.493 e. The van der Waals surface area contributed by atoms with E-state index >= 15 is 0 Å². The quantitative estimate of drug-likeness (QED) is 0.250. The van der Waals surface area contributed by atoms with E-state index < -0.39 is 0 Å². The zero-order chi connectivity index (χ0) is 24.7. The van der Waals surface area contributed by atoms with Crippen LogP contribution in [0.3, 0.4) is 0 Å². The molecule has 0 bridgehead atoms. The number of nitrogens with one attached hydrogen (secondary N) is 1. The molecule has 1 heterocycles. The summed E-state index contributed by atoms with van der Waals surface area (Å²) >= 11 is 18.8. The maximum atomic E-state index is 12.7. The molecule has 180 valence electrons. The molecule has 7 nitrogen and oxygen atoms in total. The number of amides is 2. The third kappa shape index (κ3) is 6.86. The highest BCUT2D eigenvalue weighted by atomic mass is 35.5. The summed E-state index contributed by atoms with van der Waals surface area (Å²) in [5, 5.41) is 3.51. The summed E-state index contributed by atoms with van der Waals surface area (Å²) < 4.78 is 16.6. The number of hydrogen-bond donors (Lipinski definition) is 1. The van der Waals surface area contributed by atoms with Crippen molar-refractivity contribution in [1.82, 2.24) is 4.90 Å². The predicted octanol–water partition coefficient (Wildman–Crippen LogP) is 5.26. The fraction of sp³-hybridized carbons (Fsp3) is 0.261. The van der Waals surface area contributed by atoms with Crippen molar-refractivity contribution >= 4 is 75.1 Å². The molecule has 2 amide bonds. The van der Waals surface area contributed by atoms with E-state index in [0.29, 0.717) is 50.8 Å². The van der Waals surface area contributed by atoms with E-state index in [1.54, 1.807) is 54.5 Å². The van der Waals surface area contributed by atoms with Gasteiger partial charge in [0.1, 0.15) is 4.32 Å². The summed E-state index contributed by atoms with van der Waals surface area (Å²) in [6.45, 7) is 0.755. The van der Waals surface area contributed by atoms with Crippen molar-refractivity contribution < 1.29 is 23.8 Å². The molecular formula is C23H22Cl2N2O5S2. The molecule has 1 aliphatic rings. The Bertz CT molecular complexity index is 1110. The zero-order valence-corrected chi connectivity index (χ0v) is 21.6. The van der Waals surface area contributed by atoms with Crippen molar-refractivity contribution in [3.05, 3.63) is 56.9 Å². The lowest BCUT2D eigenvalue weighted by atomic mass is 10.1. The molecule has 1 saturated heterocycles. The zero-order valence-electron chi connectivity index (χ0n) is 18.4. The number of nitrogens with zero attached hydrogens (tertiary/aromatic N) is 1. The number of carbonyl (C=O) groups excluding carboxylic acids is 2. The number of hydrogen-bond acceptors (Lipinski definition) is 7. The SMILES string of the molecule is COCCCN1C(=O)/C(=C/c2cc(Cl)c(OCC(=O)Nc3ccc(Cl)cc3)c(OC)c2)SC1=S. The fourth-order valence-electron chi connectivity index (χ4n) is 3.04. The van der Waals surface area contributed by atoms with E-state index in [1.807, 2.05) is 0 Å². The largest absolute Gasteiger partial charge is 0.493 e. The average Bonchev–Trinajstić information content (AvgIpc) is 3.07. The third-order valence-electron chi connectivity index (χ3n) is 4.63. The van der Waals surface area contributed by atoms with Crippen molar-refractivity contribution in [1.29, 1.82) is 0 Å². The number of thioether (sulfide) groups is 1. The van der Waals surface area contributed by atoms with Crippen LogP contribution < -0.4 is 14.8 Å². The Hall–Kier alpha value is -2.30. The molecule has 0 saturated carbocycles. The molecule has 34 heavy (non-hydrogen) atoms. The van der Waals surface area contributed by atoms with Crippen LogP contribution in [0.1, 0.15) is 12.0 Å². The molecule has 1 aliphatic heterocycles. The Labute approximate surface area is 217 Å². The van der Waals surface area contributed by atoms with Crippen molar-refractivity contribution in [2.75, 3.05) is 39.3 Å². The van der Waals surface area contributed by atoms with Gasteiger partial charge in [-0.05, 0) is 54.5 Å². The summed E-state index contributed by atoms with van der Waals surface area (Å²) in [7, 11) is 3.08.